The molecule has 1 aliphatic rings. The predicted octanol–water partition coefficient (Wildman–Crippen LogP) is 5.35. The number of amides is 2. The van der Waals surface area contributed by atoms with Crippen molar-refractivity contribution in [3.63, 3.8) is 0 Å². The Morgan fingerprint density at radius 1 is 1.17 bits per heavy atom. The standard InChI is InChI=1S/C22H22Cl2N2O3/c1-4-22(3,21(28)25-18-11-16(23)10-17(24)12-18)26-13-29-14(2)19(20(26)27)15-8-6-5-7-9-15/h5-12H,4,13H2,1-3H3,(H,25,28). The maximum Gasteiger partial charge on any atom is 0.261 e. The molecule has 0 saturated heterocycles. The Hall–Kier alpha value is -2.50. The summed E-state index contributed by atoms with van der Waals surface area (Å²) in [6, 6.07) is 14.1. The summed E-state index contributed by atoms with van der Waals surface area (Å²) in [6.07, 6.45) is 0.392. The predicted molar refractivity (Wildman–Crippen MR) is 116 cm³/mol. The highest BCUT2D eigenvalue weighted by Gasteiger charge is 2.44. The van der Waals surface area contributed by atoms with Crippen molar-refractivity contribution in [1.82, 2.24) is 4.90 Å². The van der Waals surface area contributed by atoms with Crippen molar-refractivity contribution in [2.75, 3.05) is 12.0 Å². The van der Waals surface area contributed by atoms with Crippen LogP contribution in [-0.2, 0) is 14.3 Å². The lowest BCUT2D eigenvalue weighted by Gasteiger charge is -2.42. The Bertz CT molecular complexity index is 955. The molecule has 1 heterocycles. The fraction of sp³-hybridized carbons (Fsp3) is 0.273. The average molecular weight is 433 g/mol. The monoisotopic (exact) mass is 432 g/mol. The highest BCUT2D eigenvalue weighted by atomic mass is 35.5. The second kappa shape index (κ2) is 8.47. The highest BCUT2D eigenvalue weighted by Crippen LogP contribution is 2.33. The Labute approximate surface area is 180 Å². The number of benzene rings is 2. The summed E-state index contributed by atoms with van der Waals surface area (Å²) in [7, 11) is 0. The van der Waals surface area contributed by atoms with Gasteiger partial charge in [0.2, 0.25) is 5.91 Å². The van der Waals surface area contributed by atoms with Gasteiger partial charge in [0, 0.05) is 15.7 Å². The van der Waals surface area contributed by atoms with E-state index in [1.807, 2.05) is 37.3 Å². The van der Waals surface area contributed by atoms with E-state index in [-0.39, 0.29) is 18.5 Å². The van der Waals surface area contributed by atoms with Crippen LogP contribution in [0.1, 0.15) is 32.8 Å². The molecule has 1 unspecified atom stereocenters. The number of carbonyl (C=O) groups excluding carboxylic acids is 2. The molecule has 2 amide bonds. The Morgan fingerprint density at radius 2 is 1.79 bits per heavy atom. The van der Waals surface area contributed by atoms with Crippen molar-refractivity contribution in [2.45, 2.75) is 32.7 Å². The van der Waals surface area contributed by atoms with Crippen LogP contribution in [0.2, 0.25) is 10.0 Å². The van der Waals surface area contributed by atoms with E-state index >= 15 is 0 Å². The first-order chi connectivity index (χ1) is 13.8. The van der Waals surface area contributed by atoms with E-state index in [0.29, 0.717) is 33.5 Å². The van der Waals surface area contributed by atoms with E-state index in [9.17, 15) is 9.59 Å². The van der Waals surface area contributed by atoms with Gasteiger partial charge in [0.25, 0.3) is 5.91 Å². The number of nitrogens with zero attached hydrogens (tertiary/aromatic N) is 1. The lowest BCUT2D eigenvalue weighted by molar-refractivity contribution is -0.148. The molecule has 2 aromatic rings. The maximum atomic E-state index is 13.4. The quantitative estimate of drug-likeness (QED) is 0.692. The van der Waals surface area contributed by atoms with E-state index in [0.717, 1.165) is 5.56 Å². The van der Waals surface area contributed by atoms with E-state index in [2.05, 4.69) is 5.32 Å². The van der Waals surface area contributed by atoms with Crippen LogP contribution in [0, 0.1) is 0 Å². The normalized spacial score (nSPS) is 16.3. The van der Waals surface area contributed by atoms with Crippen LogP contribution in [-0.4, -0.2) is 29.0 Å². The molecule has 0 saturated carbocycles. The van der Waals surface area contributed by atoms with Crippen molar-refractivity contribution >= 4 is 46.3 Å². The minimum atomic E-state index is -1.13. The highest BCUT2D eigenvalue weighted by molar-refractivity contribution is 6.35. The average Bonchev–Trinajstić information content (AvgIpc) is 2.67. The molecule has 0 bridgehead atoms. The first-order valence-electron chi connectivity index (χ1n) is 9.25. The number of nitrogens with one attached hydrogen (secondary N) is 1. The molecule has 29 heavy (non-hydrogen) atoms. The first kappa shape index (κ1) is 21.2. The van der Waals surface area contributed by atoms with E-state index in [1.165, 1.54) is 4.90 Å². The summed E-state index contributed by atoms with van der Waals surface area (Å²) in [5.41, 5.74) is 0.537. The smallest absolute Gasteiger partial charge is 0.261 e. The summed E-state index contributed by atoms with van der Waals surface area (Å²) >= 11 is 12.1. The van der Waals surface area contributed by atoms with Crippen LogP contribution in [0.15, 0.2) is 54.3 Å². The lowest BCUT2D eigenvalue weighted by atomic mass is 9.92. The molecule has 152 valence electrons. The van der Waals surface area contributed by atoms with Gasteiger partial charge in [-0.3, -0.25) is 14.5 Å². The van der Waals surface area contributed by atoms with Crippen LogP contribution in [0.25, 0.3) is 5.57 Å². The molecule has 1 atom stereocenters. The molecular weight excluding hydrogens is 411 g/mol. The molecule has 1 N–H and O–H groups in total. The zero-order chi connectivity index (χ0) is 21.2. The van der Waals surface area contributed by atoms with Gasteiger partial charge in [0.1, 0.15) is 11.3 Å². The zero-order valence-electron chi connectivity index (χ0n) is 16.5. The van der Waals surface area contributed by atoms with Gasteiger partial charge in [-0.15, -0.1) is 0 Å². The molecule has 5 nitrogen and oxygen atoms in total. The van der Waals surface area contributed by atoms with Crippen LogP contribution >= 0.6 is 23.2 Å². The molecule has 0 aromatic heterocycles. The molecule has 7 heteroatoms. The molecule has 0 fully saturated rings. The SMILES string of the molecule is CCC(C)(C(=O)Nc1cc(Cl)cc(Cl)c1)N1COC(C)=C(c2ccccc2)C1=O. The number of hydrogen-bond donors (Lipinski definition) is 1. The van der Waals surface area contributed by atoms with Crippen molar-refractivity contribution in [2.24, 2.45) is 0 Å². The molecular formula is C22H22Cl2N2O3. The second-order valence-corrected chi connectivity index (χ2v) is 7.92. The fourth-order valence-corrected chi connectivity index (χ4v) is 3.77. The Kier molecular flexibility index (Phi) is 6.20. The summed E-state index contributed by atoms with van der Waals surface area (Å²) in [6.45, 7) is 5.33. The van der Waals surface area contributed by atoms with Gasteiger partial charge in [0.05, 0.1) is 5.57 Å². The summed E-state index contributed by atoms with van der Waals surface area (Å²) in [4.78, 5) is 28.0. The molecule has 0 spiro atoms. The van der Waals surface area contributed by atoms with Crippen molar-refractivity contribution in [3.8, 4) is 0 Å². The number of halogens is 2. The third-order valence-electron chi connectivity index (χ3n) is 5.18. The lowest BCUT2D eigenvalue weighted by Crippen LogP contribution is -2.58. The summed E-state index contributed by atoms with van der Waals surface area (Å²) in [5, 5.41) is 3.65. The van der Waals surface area contributed by atoms with Gasteiger partial charge < -0.3 is 10.1 Å². The number of rotatable bonds is 5. The van der Waals surface area contributed by atoms with Gasteiger partial charge in [-0.05, 0) is 44.0 Å². The van der Waals surface area contributed by atoms with E-state index in [1.54, 1.807) is 32.0 Å². The minimum Gasteiger partial charge on any atom is -0.477 e. The van der Waals surface area contributed by atoms with E-state index < -0.39 is 5.54 Å². The van der Waals surface area contributed by atoms with Crippen molar-refractivity contribution < 1.29 is 14.3 Å². The van der Waals surface area contributed by atoms with Gasteiger partial charge >= 0.3 is 0 Å². The van der Waals surface area contributed by atoms with Crippen LogP contribution in [0.5, 0.6) is 0 Å². The molecule has 1 aliphatic heterocycles. The molecule has 0 aliphatic carbocycles. The van der Waals surface area contributed by atoms with Crippen molar-refractivity contribution in [3.05, 3.63) is 69.9 Å². The van der Waals surface area contributed by atoms with Gasteiger partial charge in [0.15, 0.2) is 6.73 Å². The number of hydrogen-bond acceptors (Lipinski definition) is 3. The van der Waals surface area contributed by atoms with Crippen LogP contribution in [0.3, 0.4) is 0 Å². The molecule has 3 rings (SSSR count). The Morgan fingerprint density at radius 3 is 2.38 bits per heavy atom. The van der Waals surface area contributed by atoms with Crippen LogP contribution < -0.4 is 5.32 Å². The number of anilines is 1. The largest absolute Gasteiger partial charge is 0.477 e. The number of allylic oxidation sites excluding steroid dienone is 1. The Balaban J connectivity index is 1.91. The second-order valence-electron chi connectivity index (χ2n) is 7.04. The molecule has 2 aromatic carbocycles. The van der Waals surface area contributed by atoms with Gasteiger partial charge in [-0.2, -0.15) is 0 Å². The topological polar surface area (TPSA) is 58.6 Å². The summed E-state index contributed by atoms with van der Waals surface area (Å²) < 4.78 is 5.78. The third-order valence-corrected chi connectivity index (χ3v) is 5.61. The maximum absolute atomic E-state index is 13.4. The summed E-state index contributed by atoms with van der Waals surface area (Å²) in [5.74, 6) is -0.0521. The minimum absolute atomic E-state index is 0.00490. The zero-order valence-corrected chi connectivity index (χ0v) is 18.0. The van der Waals surface area contributed by atoms with Crippen LogP contribution in [0.4, 0.5) is 5.69 Å². The first-order valence-corrected chi connectivity index (χ1v) is 10.0. The third kappa shape index (κ3) is 4.26. The fourth-order valence-electron chi connectivity index (χ4n) is 3.24. The van der Waals surface area contributed by atoms with Gasteiger partial charge in [-0.25, -0.2) is 0 Å². The number of carbonyl (C=O) groups is 2. The molecule has 0 radical (unpaired) electrons. The van der Waals surface area contributed by atoms with Gasteiger partial charge in [-0.1, -0.05) is 60.5 Å². The number of ether oxygens (including phenoxy) is 1. The van der Waals surface area contributed by atoms with E-state index in [4.69, 9.17) is 27.9 Å². The van der Waals surface area contributed by atoms with Crippen molar-refractivity contribution in [1.29, 1.82) is 0 Å².